The number of hydrogen-bond donors (Lipinski definition) is 2. The molecule has 164 valence electrons. The number of aryl methyl sites for hydroxylation is 1. The number of aromatic nitrogens is 2. The van der Waals surface area contributed by atoms with Crippen LogP contribution >= 0.6 is 24.0 Å². The number of anilines is 1. The minimum absolute atomic E-state index is 0. The highest BCUT2D eigenvalue weighted by atomic mass is 127. The molecule has 7 nitrogen and oxygen atoms in total. The summed E-state index contributed by atoms with van der Waals surface area (Å²) in [7, 11) is 1.76. The van der Waals surface area contributed by atoms with Crippen LogP contribution in [0.15, 0.2) is 59.9 Å². The Balaban J connectivity index is 0.00000272. The first kappa shape index (κ1) is 22.9. The summed E-state index contributed by atoms with van der Waals surface area (Å²) in [6.07, 6.45) is 4.72. The Kier molecular flexibility index (Phi) is 8.16. The first-order valence-corrected chi connectivity index (χ1v) is 10.1. The number of aliphatic imine (C=N–C) groups is 1. The molecule has 4 rings (SSSR count). The second kappa shape index (κ2) is 11.0. The molecule has 0 spiro atoms. The summed E-state index contributed by atoms with van der Waals surface area (Å²) in [5.74, 6) is 3.25. The zero-order valence-electron chi connectivity index (χ0n) is 17.8. The molecule has 0 radical (unpaired) electrons. The van der Waals surface area contributed by atoms with Crippen LogP contribution in [0.4, 0.5) is 5.69 Å². The molecule has 0 bridgehead atoms. The lowest BCUT2D eigenvalue weighted by Crippen LogP contribution is -2.30. The summed E-state index contributed by atoms with van der Waals surface area (Å²) in [5.41, 5.74) is 3.32. The number of ether oxygens (including phenoxy) is 2. The Morgan fingerprint density at radius 3 is 2.68 bits per heavy atom. The van der Waals surface area contributed by atoms with Gasteiger partial charge in [-0.2, -0.15) is 0 Å². The van der Waals surface area contributed by atoms with Crippen LogP contribution in [-0.2, 0) is 13.1 Å². The van der Waals surface area contributed by atoms with E-state index in [1.54, 1.807) is 7.05 Å². The number of guanidine groups is 1. The Hall–Kier alpha value is -2.75. The average molecular weight is 533 g/mol. The molecule has 0 aliphatic carbocycles. The highest BCUT2D eigenvalue weighted by molar-refractivity contribution is 14.0. The summed E-state index contributed by atoms with van der Waals surface area (Å²) in [6.45, 7) is 4.84. The molecule has 0 fully saturated rings. The molecule has 2 aromatic carbocycles. The minimum Gasteiger partial charge on any atom is -0.490 e. The van der Waals surface area contributed by atoms with E-state index in [-0.39, 0.29) is 24.0 Å². The molecule has 3 aromatic rings. The second-order valence-corrected chi connectivity index (χ2v) is 7.19. The van der Waals surface area contributed by atoms with Gasteiger partial charge in [0.25, 0.3) is 0 Å². The maximum absolute atomic E-state index is 5.77. The lowest BCUT2D eigenvalue weighted by atomic mass is 10.1. The number of halogens is 1. The average Bonchev–Trinajstić information content (AvgIpc) is 3.02. The van der Waals surface area contributed by atoms with E-state index < -0.39 is 0 Å². The molecule has 0 saturated carbocycles. The lowest BCUT2D eigenvalue weighted by molar-refractivity contribution is 0.297. The van der Waals surface area contributed by atoms with E-state index >= 15 is 0 Å². The molecule has 0 unspecified atom stereocenters. The fourth-order valence-corrected chi connectivity index (χ4v) is 3.35. The summed E-state index contributed by atoms with van der Waals surface area (Å²) in [6, 6.07) is 14.4. The fraction of sp³-hybridized carbons (Fsp3) is 0.304. The Morgan fingerprint density at radius 1 is 1.10 bits per heavy atom. The number of hydrogen-bond acceptors (Lipinski definition) is 4. The van der Waals surface area contributed by atoms with Gasteiger partial charge in [-0.15, -0.1) is 24.0 Å². The highest BCUT2D eigenvalue weighted by Crippen LogP contribution is 2.32. The number of fused-ring (bicyclic) bond motifs is 1. The van der Waals surface area contributed by atoms with Gasteiger partial charge < -0.3 is 24.7 Å². The van der Waals surface area contributed by atoms with Crippen LogP contribution in [0.2, 0.25) is 0 Å². The van der Waals surface area contributed by atoms with Gasteiger partial charge >= 0.3 is 0 Å². The molecule has 8 heteroatoms. The van der Waals surface area contributed by atoms with Gasteiger partial charge in [0.1, 0.15) is 5.82 Å². The van der Waals surface area contributed by atoms with Crippen molar-refractivity contribution in [3.05, 3.63) is 71.8 Å². The highest BCUT2D eigenvalue weighted by Gasteiger charge is 2.11. The van der Waals surface area contributed by atoms with Crippen LogP contribution in [-0.4, -0.2) is 35.8 Å². The standard InChI is InChI=1S/C23H27N5O2.HI/c1-17-25-9-10-28(17)16-19-6-3-5-18(13-19)15-26-23(24-2)27-20-7-8-21-22(14-20)30-12-4-11-29-21;/h3,5-10,13-14H,4,11-12,15-16H2,1-2H3,(H2,24,26,27);1H. The van der Waals surface area contributed by atoms with Crippen molar-refractivity contribution in [1.82, 2.24) is 14.9 Å². The van der Waals surface area contributed by atoms with Crippen molar-refractivity contribution in [2.45, 2.75) is 26.4 Å². The molecule has 0 amide bonds. The molecule has 0 saturated heterocycles. The van der Waals surface area contributed by atoms with Crippen LogP contribution in [0.3, 0.4) is 0 Å². The zero-order chi connectivity index (χ0) is 20.8. The topological polar surface area (TPSA) is 72.7 Å². The number of rotatable bonds is 5. The van der Waals surface area contributed by atoms with Crippen LogP contribution in [0.25, 0.3) is 0 Å². The van der Waals surface area contributed by atoms with E-state index in [1.165, 1.54) is 11.1 Å². The third kappa shape index (κ3) is 6.13. The Bertz CT molecular complexity index is 1030. The molecular weight excluding hydrogens is 505 g/mol. The third-order valence-corrected chi connectivity index (χ3v) is 4.96. The van der Waals surface area contributed by atoms with Crippen LogP contribution in [0.1, 0.15) is 23.4 Å². The quantitative estimate of drug-likeness (QED) is 0.292. The first-order chi connectivity index (χ1) is 14.7. The van der Waals surface area contributed by atoms with E-state index in [0.717, 1.165) is 36.0 Å². The number of nitrogens with zero attached hydrogens (tertiary/aromatic N) is 3. The van der Waals surface area contributed by atoms with Crippen molar-refractivity contribution in [3.63, 3.8) is 0 Å². The third-order valence-electron chi connectivity index (χ3n) is 4.96. The van der Waals surface area contributed by atoms with Crippen LogP contribution in [0, 0.1) is 6.92 Å². The van der Waals surface area contributed by atoms with Gasteiger partial charge in [0.05, 0.1) is 13.2 Å². The maximum Gasteiger partial charge on any atom is 0.195 e. The van der Waals surface area contributed by atoms with Gasteiger partial charge in [-0.1, -0.05) is 24.3 Å². The normalized spacial score (nSPS) is 13.2. The Morgan fingerprint density at radius 2 is 1.90 bits per heavy atom. The summed E-state index contributed by atoms with van der Waals surface area (Å²) < 4.78 is 13.6. The van der Waals surface area contributed by atoms with Gasteiger partial charge in [0.2, 0.25) is 0 Å². The SMILES string of the molecule is CN=C(NCc1cccc(Cn2ccnc2C)c1)Nc1ccc2c(c1)OCCCO2.I. The lowest BCUT2D eigenvalue weighted by Gasteiger charge is -2.14. The van der Waals surface area contributed by atoms with Gasteiger partial charge in [0, 0.05) is 50.7 Å². The Labute approximate surface area is 199 Å². The minimum atomic E-state index is 0. The summed E-state index contributed by atoms with van der Waals surface area (Å²) >= 11 is 0. The van der Waals surface area contributed by atoms with Crippen molar-refractivity contribution in [3.8, 4) is 11.5 Å². The number of imidazole rings is 1. The predicted octanol–water partition coefficient (Wildman–Crippen LogP) is 4.21. The molecular formula is C23H28IN5O2. The summed E-state index contributed by atoms with van der Waals surface area (Å²) in [4.78, 5) is 8.62. The van der Waals surface area contributed by atoms with E-state index in [1.807, 2.05) is 37.5 Å². The number of nitrogens with one attached hydrogen (secondary N) is 2. The van der Waals surface area contributed by atoms with Crippen molar-refractivity contribution >= 4 is 35.6 Å². The maximum atomic E-state index is 5.77. The molecule has 0 atom stereocenters. The van der Waals surface area contributed by atoms with E-state index in [9.17, 15) is 0 Å². The van der Waals surface area contributed by atoms with Crippen molar-refractivity contribution in [2.75, 3.05) is 25.6 Å². The van der Waals surface area contributed by atoms with Crippen LogP contribution < -0.4 is 20.1 Å². The van der Waals surface area contributed by atoms with E-state index in [4.69, 9.17) is 9.47 Å². The van der Waals surface area contributed by atoms with Crippen molar-refractivity contribution < 1.29 is 9.47 Å². The predicted molar refractivity (Wildman–Crippen MR) is 134 cm³/mol. The smallest absolute Gasteiger partial charge is 0.195 e. The van der Waals surface area contributed by atoms with Crippen molar-refractivity contribution in [2.24, 2.45) is 4.99 Å². The van der Waals surface area contributed by atoms with Gasteiger partial charge in [-0.3, -0.25) is 4.99 Å². The van der Waals surface area contributed by atoms with Gasteiger partial charge in [-0.25, -0.2) is 4.98 Å². The molecule has 1 aliphatic heterocycles. The van der Waals surface area contributed by atoms with Crippen molar-refractivity contribution in [1.29, 1.82) is 0 Å². The number of benzene rings is 2. The zero-order valence-corrected chi connectivity index (χ0v) is 20.1. The summed E-state index contributed by atoms with van der Waals surface area (Å²) in [5, 5.41) is 6.69. The van der Waals surface area contributed by atoms with Gasteiger partial charge in [0.15, 0.2) is 17.5 Å². The molecule has 1 aliphatic rings. The second-order valence-electron chi connectivity index (χ2n) is 7.19. The van der Waals surface area contributed by atoms with E-state index in [2.05, 4.69) is 49.4 Å². The molecule has 2 N–H and O–H groups in total. The monoisotopic (exact) mass is 533 g/mol. The van der Waals surface area contributed by atoms with Crippen LogP contribution in [0.5, 0.6) is 11.5 Å². The molecule has 1 aromatic heterocycles. The first-order valence-electron chi connectivity index (χ1n) is 10.1. The largest absolute Gasteiger partial charge is 0.490 e. The fourth-order valence-electron chi connectivity index (χ4n) is 3.35. The molecule has 2 heterocycles. The molecule has 31 heavy (non-hydrogen) atoms. The van der Waals surface area contributed by atoms with Gasteiger partial charge in [-0.05, 0) is 30.2 Å². The van der Waals surface area contributed by atoms with E-state index in [0.29, 0.717) is 25.7 Å².